The van der Waals surface area contributed by atoms with Crippen LogP contribution in [0.5, 0.6) is 0 Å². The third-order valence-corrected chi connectivity index (χ3v) is 31.4. The minimum Gasteiger partial charge on any atom is -0.481 e. The number of carboxylic acids is 1. The van der Waals surface area contributed by atoms with Gasteiger partial charge in [-0.15, -0.1) is 0 Å². The van der Waals surface area contributed by atoms with Gasteiger partial charge < -0.3 is 39.4 Å². The molecule has 0 aliphatic heterocycles. The normalized spacial score (nSPS) is 23.2. The Balaban J connectivity index is 0.000000991. The summed E-state index contributed by atoms with van der Waals surface area (Å²) in [6.07, 6.45) is 68.8. The first kappa shape index (κ1) is 124. The summed E-state index contributed by atoms with van der Waals surface area (Å²) in [5.74, 6) is 9.50. The minimum absolute atomic E-state index is 0.0176. The number of nitrogens with zero attached hydrogens (tertiary/aromatic N) is 1. The van der Waals surface area contributed by atoms with Crippen LogP contribution in [0.25, 0.3) is 0 Å². The largest absolute Gasteiger partial charge is 0.481 e. The lowest BCUT2D eigenvalue weighted by Crippen LogP contribution is -2.35. The van der Waals surface area contributed by atoms with Crippen molar-refractivity contribution < 1.29 is 63.3 Å². The number of rotatable bonds is 71. The van der Waals surface area contributed by atoms with Gasteiger partial charge in [-0.2, -0.15) is 0 Å². The van der Waals surface area contributed by atoms with E-state index in [1.165, 1.54) is 173 Å². The molecule has 0 radical (unpaired) electrons. The van der Waals surface area contributed by atoms with Crippen LogP contribution in [0.2, 0.25) is 0 Å². The molecule has 130 heavy (non-hydrogen) atoms. The van der Waals surface area contributed by atoms with Gasteiger partial charge in [0.2, 0.25) is 0 Å². The Labute approximate surface area is 802 Å². The van der Waals surface area contributed by atoms with E-state index in [4.69, 9.17) is 24.1 Å². The minimum atomic E-state index is -0.753. The van der Waals surface area contributed by atoms with E-state index in [-0.39, 0.29) is 84.5 Å². The number of carboxylic acid groups (broad SMARTS) is 1. The predicted octanol–water partition coefficient (Wildman–Crippen LogP) is 32.0. The molecular formula is C116H211NO13. The fourth-order valence-electron chi connectivity index (χ4n) is 24.0. The molecule has 3 aliphatic rings. The number of aliphatic carboxylic acids is 1. The molecule has 1 heterocycles. The number of aliphatic hydroxyl groups is 3. The summed E-state index contributed by atoms with van der Waals surface area (Å²) in [6.45, 7) is 50.1. The molecule has 0 saturated heterocycles. The summed E-state index contributed by atoms with van der Waals surface area (Å²) in [5.41, 5.74) is 0. The van der Waals surface area contributed by atoms with Crippen LogP contribution in [0.15, 0.2) is 67.0 Å². The van der Waals surface area contributed by atoms with Crippen LogP contribution in [0.1, 0.15) is 486 Å². The lowest BCUT2D eigenvalue weighted by atomic mass is 9.63. The van der Waals surface area contributed by atoms with E-state index in [9.17, 15) is 39.3 Å². The van der Waals surface area contributed by atoms with Crippen LogP contribution < -0.4 is 0 Å². The zero-order valence-corrected chi connectivity index (χ0v) is 88.5. The number of hydrogen-bond acceptors (Lipinski definition) is 13. The Bertz CT molecular complexity index is 2800. The molecular weight excluding hydrogens is 1620 g/mol. The number of allylic oxidation sites excluding steroid dienone is 6. The molecule has 1 aromatic rings. The first-order valence-electron chi connectivity index (χ1n) is 55.4. The van der Waals surface area contributed by atoms with Crippen molar-refractivity contribution in [2.45, 2.75) is 529 Å². The highest BCUT2D eigenvalue weighted by molar-refractivity contribution is 5.71. The zero-order valence-electron chi connectivity index (χ0n) is 88.5. The van der Waals surface area contributed by atoms with E-state index in [1.54, 1.807) is 12.4 Å². The molecule has 24 atom stereocenters. The van der Waals surface area contributed by atoms with Crippen molar-refractivity contribution in [1.29, 1.82) is 0 Å². The maximum atomic E-state index is 13.6. The van der Waals surface area contributed by atoms with Crippen molar-refractivity contribution in [3.8, 4) is 0 Å². The van der Waals surface area contributed by atoms with Crippen molar-refractivity contribution in [1.82, 2.24) is 4.98 Å². The number of unbranched alkanes of at least 4 members (excludes halogenated alkanes) is 18. The van der Waals surface area contributed by atoms with Gasteiger partial charge in [-0.25, -0.2) is 0 Å². The van der Waals surface area contributed by atoms with Crippen LogP contribution in [-0.4, -0.2) is 98.0 Å². The van der Waals surface area contributed by atoms with Gasteiger partial charge in [0.15, 0.2) is 0 Å². The average molecular weight is 1830 g/mol. The molecule has 4 N–H and O–H groups in total. The molecule has 14 heteroatoms. The molecule has 14 nitrogen and oxygen atoms in total. The molecule has 3 fully saturated rings. The van der Waals surface area contributed by atoms with E-state index >= 15 is 0 Å². The van der Waals surface area contributed by atoms with E-state index in [2.05, 4.69) is 160 Å². The zero-order chi connectivity index (χ0) is 97.0. The third-order valence-electron chi connectivity index (χ3n) is 31.4. The van der Waals surface area contributed by atoms with Crippen LogP contribution in [-0.2, 0) is 42.9 Å². The molecule has 3 aliphatic carbocycles. The van der Waals surface area contributed by atoms with Crippen molar-refractivity contribution >= 4 is 29.8 Å². The van der Waals surface area contributed by atoms with Crippen LogP contribution in [0.3, 0.4) is 0 Å². The maximum absolute atomic E-state index is 13.6. The monoisotopic (exact) mass is 1830 g/mol. The highest BCUT2D eigenvalue weighted by Gasteiger charge is 2.46. The molecule has 0 amide bonds. The first-order chi connectivity index (χ1) is 62.6. The number of pyridine rings is 1. The maximum Gasteiger partial charge on any atom is 0.306 e. The summed E-state index contributed by atoms with van der Waals surface area (Å²) in [7, 11) is 0. The van der Waals surface area contributed by atoms with E-state index in [1.807, 2.05) is 52.0 Å². The summed E-state index contributed by atoms with van der Waals surface area (Å²) in [6, 6.07) is 5.72. The Kier molecular flexibility index (Phi) is 73.8. The fourth-order valence-corrected chi connectivity index (χ4v) is 24.0. The van der Waals surface area contributed by atoms with Crippen LogP contribution in [0, 0.1) is 112 Å². The van der Waals surface area contributed by atoms with Crippen molar-refractivity contribution in [3.63, 3.8) is 0 Å². The lowest BCUT2D eigenvalue weighted by Gasteiger charge is -2.42. The van der Waals surface area contributed by atoms with Gasteiger partial charge >= 0.3 is 29.8 Å². The second-order valence-corrected chi connectivity index (χ2v) is 41.2. The molecule has 0 bridgehead atoms. The molecule has 758 valence electrons. The Morgan fingerprint density at radius 3 is 0.992 bits per heavy atom. The third kappa shape index (κ3) is 51.1. The number of esters is 4. The highest BCUT2D eigenvalue weighted by atomic mass is 16.6. The predicted molar refractivity (Wildman–Crippen MR) is 548 cm³/mol. The number of carbonyl (C=O) groups is 5. The Hall–Kier alpha value is -4.40. The van der Waals surface area contributed by atoms with Crippen molar-refractivity contribution in [2.75, 3.05) is 0 Å². The molecule has 3 saturated carbocycles. The lowest BCUT2D eigenvalue weighted by molar-refractivity contribution is -0.152. The highest BCUT2D eigenvalue weighted by Crippen LogP contribution is 2.49. The summed E-state index contributed by atoms with van der Waals surface area (Å²) in [4.78, 5) is 65.3. The van der Waals surface area contributed by atoms with Gasteiger partial charge in [0.1, 0.15) is 12.2 Å². The molecule has 1 aromatic heterocycles. The summed E-state index contributed by atoms with van der Waals surface area (Å²) in [5, 5.41) is 40.3. The molecule has 0 spiro atoms. The molecule has 12 unspecified atom stereocenters. The van der Waals surface area contributed by atoms with Crippen molar-refractivity contribution in [2.24, 2.45) is 112 Å². The van der Waals surface area contributed by atoms with Crippen LogP contribution >= 0.6 is 0 Å². The molecule has 0 aromatic carbocycles. The standard InChI is InChI=1S/C46H86O4.C45H84O5.C20H36O4.C5H5N/c1-12-19-20-21-22-25-28-42-36(11)33-44(43(42)29-26-23-24-27-30-45(47)49-34(8)9)50-46(48)32-31-37(14-3)39(16-5)41(18-7)40(17-6)38(15-4)35(10)13-2;1-11-18-19-20-21-24-27-40-41(28-25-22-23-26-29-44(47)49-33(8)9)43(32-42(40)46)50-45(48)31-30-35(13-3)37(15-5)39(17-7)38(16-6)36(14-4)34(10)12-2;1-2-3-4-5-6-9-12-16-17(19(22)15-18(16)21)13-10-7-8-11-14-20(23)24;1-2-4-6-5-3-1/h23,26,34-44H,12-22,24-25,27-33H2,1-11H3;22,25,33-43,46H,11-21,23-24,26-32H2,1-10H3;7,10,16-19,21-22H,2-6,8-9,11-15H2,1H3,(H,23,24);1-5H/b26-23-;25-22-;10-7-;/t35?,36-,37?,38?,39?,40?,41?,42+,43-,44+;34?,35?,36?,37?,38?,39?,40-,41-,42-,43+;16-,17-,18-,19+;/m111./s1. The average Bonchev–Trinajstić information content (AvgIpc) is 1.51. The van der Waals surface area contributed by atoms with Crippen molar-refractivity contribution in [3.05, 3.63) is 67.0 Å². The number of aliphatic hydroxyl groups excluding tert-OH is 3. The van der Waals surface area contributed by atoms with E-state index in [0.29, 0.717) is 92.3 Å². The van der Waals surface area contributed by atoms with Gasteiger partial charge in [-0.3, -0.25) is 29.0 Å². The van der Waals surface area contributed by atoms with E-state index in [0.717, 1.165) is 151 Å². The first-order valence-corrected chi connectivity index (χ1v) is 55.4. The topological polar surface area (TPSA) is 216 Å². The number of aromatic nitrogens is 1. The quantitative estimate of drug-likeness (QED) is 0.0207. The van der Waals surface area contributed by atoms with Gasteiger partial charge in [-0.1, -0.05) is 360 Å². The smallest absolute Gasteiger partial charge is 0.306 e. The van der Waals surface area contributed by atoms with Gasteiger partial charge in [0, 0.05) is 62.8 Å². The Morgan fingerprint density at radius 1 is 0.331 bits per heavy atom. The summed E-state index contributed by atoms with van der Waals surface area (Å²) < 4.78 is 23.3. The Morgan fingerprint density at radius 2 is 0.654 bits per heavy atom. The van der Waals surface area contributed by atoms with Gasteiger partial charge in [0.25, 0.3) is 0 Å². The SMILES string of the molecule is CCCCCCCC[C@@H]1[C@@H](C/C=C\CCCC(=O)O)[C@@H](O)C[C@H]1O.CCCCCCCC[C@@H]1[C@@H](C/C=C\CCCC(=O)OC(C)C)[C@@H](OC(=O)CCC(CC)C(CC)C(CC)C(CC)C(CC)C(C)CC)C[C@H]1C.CCCCCCCC[C@@H]1[C@@H](C/C=C\CCCC(=O)OC(C)C)[C@@H](OC(=O)CCC(CC)C(CC)C(CC)C(CC)C(CC)C(C)CC)C[C@H]1O.c1ccncc1. The van der Waals surface area contributed by atoms with E-state index < -0.39 is 18.2 Å². The fraction of sp³-hybridized carbons (Fsp3) is 0.862. The number of hydrogen-bond donors (Lipinski definition) is 4. The second-order valence-electron chi connectivity index (χ2n) is 41.2. The second kappa shape index (κ2) is 77.6. The van der Waals surface area contributed by atoms with Crippen LogP contribution in [0.4, 0.5) is 0 Å². The number of ether oxygens (including phenoxy) is 4. The number of carbonyl (C=O) groups excluding carboxylic acids is 4. The molecule has 4 rings (SSSR count). The van der Waals surface area contributed by atoms with Gasteiger partial charge in [0.05, 0.1) is 30.5 Å². The van der Waals surface area contributed by atoms with Gasteiger partial charge in [-0.05, 0) is 243 Å². The summed E-state index contributed by atoms with van der Waals surface area (Å²) >= 11 is 0.